The van der Waals surface area contributed by atoms with Crippen molar-refractivity contribution in [3.63, 3.8) is 0 Å². The van der Waals surface area contributed by atoms with Crippen LogP contribution in [-0.2, 0) is 14.4 Å². The molecule has 0 spiro atoms. The van der Waals surface area contributed by atoms with Crippen molar-refractivity contribution in [1.82, 2.24) is 20.7 Å². The first-order chi connectivity index (χ1) is 15.9. The number of carbonyl (C=O) groups excluding carboxylic acids is 4. The summed E-state index contributed by atoms with van der Waals surface area (Å²) in [6.07, 6.45) is 5.30. The number of carbonyl (C=O) groups is 4. The smallest absolute Gasteiger partial charge is 0.272 e. The molecule has 2 aromatic rings. The monoisotopic (exact) mass is 459 g/mol. The van der Waals surface area contributed by atoms with Gasteiger partial charge >= 0.3 is 0 Å². The van der Waals surface area contributed by atoms with Gasteiger partial charge in [0.15, 0.2) is 6.67 Å². The summed E-state index contributed by atoms with van der Waals surface area (Å²) < 4.78 is 13.0. The number of alkyl halides is 1. The third-order valence-electron chi connectivity index (χ3n) is 5.93. The number of rotatable bonds is 9. The van der Waals surface area contributed by atoms with Crippen molar-refractivity contribution < 1.29 is 23.6 Å². The van der Waals surface area contributed by atoms with Gasteiger partial charge in [0, 0.05) is 17.3 Å². The number of amides is 4. The summed E-state index contributed by atoms with van der Waals surface area (Å²) in [4.78, 5) is 52.0. The maximum atomic E-state index is 13.1. The zero-order chi connectivity index (χ0) is 23.8. The second kappa shape index (κ2) is 11.4. The Balaban J connectivity index is 1.75. The molecule has 1 aliphatic carbocycles. The number of benzene rings is 1. The Morgan fingerprint density at radius 2 is 1.88 bits per heavy atom. The van der Waals surface area contributed by atoms with E-state index in [1.165, 1.54) is 0 Å². The van der Waals surface area contributed by atoms with Crippen LogP contribution in [-0.4, -0.2) is 52.9 Å². The fraction of sp³-hybridized carbons (Fsp3) is 0.478. The Hall–Kier alpha value is -3.43. The van der Waals surface area contributed by atoms with E-state index in [2.05, 4.69) is 15.7 Å². The van der Waals surface area contributed by atoms with Crippen LogP contribution in [0.2, 0.25) is 0 Å². The number of hydrogen-bond donors (Lipinski definition) is 4. The lowest BCUT2D eigenvalue weighted by Gasteiger charge is -2.29. The zero-order valence-electron chi connectivity index (χ0n) is 18.4. The van der Waals surface area contributed by atoms with Crippen molar-refractivity contribution in [2.75, 3.05) is 13.2 Å². The van der Waals surface area contributed by atoms with Crippen LogP contribution in [0.5, 0.6) is 0 Å². The summed E-state index contributed by atoms with van der Waals surface area (Å²) in [6.45, 7) is -1.59. The molecule has 1 fully saturated rings. The minimum Gasteiger partial charge on any atom is -0.370 e. The van der Waals surface area contributed by atoms with E-state index in [0.29, 0.717) is 12.1 Å². The first-order valence-corrected chi connectivity index (χ1v) is 11.2. The molecule has 0 aliphatic heterocycles. The number of halogens is 1. The van der Waals surface area contributed by atoms with Gasteiger partial charge in [-0.15, -0.1) is 0 Å². The predicted molar refractivity (Wildman–Crippen MR) is 120 cm³/mol. The molecule has 1 aromatic heterocycles. The van der Waals surface area contributed by atoms with E-state index in [1.54, 1.807) is 6.07 Å². The van der Waals surface area contributed by atoms with Crippen molar-refractivity contribution in [3.05, 3.63) is 36.0 Å². The van der Waals surface area contributed by atoms with Gasteiger partial charge in [-0.2, -0.15) is 0 Å². The van der Waals surface area contributed by atoms with Crippen molar-refractivity contribution in [3.8, 4) is 0 Å². The van der Waals surface area contributed by atoms with Gasteiger partial charge in [0.05, 0.1) is 6.54 Å². The molecule has 0 unspecified atom stereocenters. The van der Waals surface area contributed by atoms with Crippen LogP contribution < -0.4 is 16.5 Å². The van der Waals surface area contributed by atoms with Crippen LogP contribution >= 0.6 is 0 Å². The summed E-state index contributed by atoms with van der Waals surface area (Å²) in [5.41, 5.74) is 8.59. The zero-order valence-corrected chi connectivity index (χ0v) is 18.4. The number of aromatic amines is 1. The van der Waals surface area contributed by atoms with Crippen molar-refractivity contribution >= 4 is 34.5 Å². The molecule has 3 rings (SSSR count). The highest BCUT2D eigenvalue weighted by Gasteiger charge is 2.29. The third-order valence-corrected chi connectivity index (χ3v) is 5.93. The molecule has 0 bridgehead atoms. The highest BCUT2D eigenvalue weighted by Crippen LogP contribution is 2.27. The summed E-state index contributed by atoms with van der Waals surface area (Å²) in [5.74, 6) is -2.54. The molecule has 1 saturated carbocycles. The van der Waals surface area contributed by atoms with E-state index in [4.69, 9.17) is 5.73 Å². The molecule has 4 amide bonds. The van der Waals surface area contributed by atoms with Gasteiger partial charge in [0.25, 0.3) is 17.7 Å². The number of nitrogens with zero attached hydrogens (tertiary/aromatic N) is 1. The lowest BCUT2D eigenvalue weighted by atomic mass is 9.84. The number of para-hydroxylation sites is 1. The Kier molecular flexibility index (Phi) is 8.39. The molecular formula is C23H30FN5O4. The Morgan fingerprint density at radius 1 is 1.15 bits per heavy atom. The highest BCUT2D eigenvalue weighted by atomic mass is 19.1. The predicted octanol–water partition coefficient (Wildman–Crippen LogP) is 1.94. The fourth-order valence-electron chi connectivity index (χ4n) is 4.17. The number of primary amides is 1. The summed E-state index contributed by atoms with van der Waals surface area (Å²) in [6, 6.07) is 8.19. The maximum absolute atomic E-state index is 13.1. The molecule has 0 radical (unpaired) electrons. The van der Waals surface area contributed by atoms with Gasteiger partial charge in [-0.1, -0.05) is 50.3 Å². The average molecular weight is 460 g/mol. The van der Waals surface area contributed by atoms with Gasteiger partial charge in [0.1, 0.15) is 11.7 Å². The van der Waals surface area contributed by atoms with E-state index in [1.807, 2.05) is 24.3 Å². The molecule has 1 atom stereocenters. The second-order valence-corrected chi connectivity index (χ2v) is 8.41. The number of fused-ring (bicyclic) bond motifs is 1. The van der Waals surface area contributed by atoms with Gasteiger partial charge in [-0.25, -0.2) is 4.39 Å². The Bertz CT molecular complexity index is 969. The molecule has 1 heterocycles. The largest absolute Gasteiger partial charge is 0.370 e. The topological polar surface area (TPSA) is 137 Å². The number of H-pyrrole nitrogens is 1. The molecule has 1 aromatic carbocycles. The lowest BCUT2D eigenvalue weighted by molar-refractivity contribution is -0.143. The SMILES string of the molecule is NC(=O)CCN(NC(=O)[C@H](CC1CCCCC1)NC(=O)c1cc2ccccc2[nH]1)C(=O)CF. The summed E-state index contributed by atoms with van der Waals surface area (Å²) in [7, 11) is 0. The molecule has 10 heteroatoms. The first-order valence-electron chi connectivity index (χ1n) is 11.2. The molecule has 1 aliphatic rings. The van der Waals surface area contributed by atoms with E-state index >= 15 is 0 Å². The van der Waals surface area contributed by atoms with Gasteiger partial charge in [0.2, 0.25) is 5.91 Å². The van der Waals surface area contributed by atoms with Crippen molar-refractivity contribution in [2.45, 2.75) is 51.0 Å². The molecule has 33 heavy (non-hydrogen) atoms. The quantitative estimate of drug-likeness (QED) is 0.426. The van der Waals surface area contributed by atoms with E-state index in [0.717, 1.165) is 48.0 Å². The number of hydrazine groups is 1. The lowest BCUT2D eigenvalue weighted by Crippen LogP contribution is -2.55. The highest BCUT2D eigenvalue weighted by molar-refractivity contribution is 6.00. The number of aromatic nitrogens is 1. The average Bonchev–Trinajstić information content (AvgIpc) is 3.25. The number of nitrogens with two attached hydrogens (primary N) is 1. The minimum atomic E-state index is -1.34. The van der Waals surface area contributed by atoms with Crippen molar-refractivity contribution in [1.29, 1.82) is 0 Å². The van der Waals surface area contributed by atoms with Crippen LogP contribution in [0.3, 0.4) is 0 Å². The fourth-order valence-corrected chi connectivity index (χ4v) is 4.17. The van der Waals surface area contributed by atoms with E-state index in [9.17, 15) is 23.6 Å². The third kappa shape index (κ3) is 6.77. The summed E-state index contributed by atoms with van der Waals surface area (Å²) >= 11 is 0. The van der Waals surface area contributed by atoms with Gasteiger partial charge < -0.3 is 16.0 Å². The molecule has 5 N–H and O–H groups in total. The van der Waals surface area contributed by atoms with Gasteiger partial charge in [-0.3, -0.25) is 29.6 Å². The Morgan fingerprint density at radius 3 is 2.55 bits per heavy atom. The second-order valence-electron chi connectivity index (χ2n) is 8.41. The molecule has 9 nitrogen and oxygen atoms in total. The van der Waals surface area contributed by atoms with Crippen LogP contribution in [0.15, 0.2) is 30.3 Å². The van der Waals surface area contributed by atoms with E-state index < -0.39 is 36.3 Å². The molecule has 0 saturated heterocycles. The number of nitrogens with one attached hydrogen (secondary N) is 3. The van der Waals surface area contributed by atoms with Crippen LogP contribution in [0, 0.1) is 5.92 Å². The first kappa shape index (κ1) is 24.2. The maximum Gasteiger partial charge on any atom is 0.272 e. The standard InChI is InChI=1S/C23H30FN5O4/c24-14-21(31)29(11-10-20(25)30)28-23(33)18(12-15-6-2-1-3-7-15)27-22(32)19-13-16-8-4-5-9-17(16)26-19/h4-5,8-9,13,15,18,26H,1-3,6-7,10-12,14H2,(H2,25,30)(H,27,32)(H,28,33)/t18-/m0/s1. The number of hydrogen-bond acceptors (Lipinski definition) is 4. The van der Waals surface area contributed by atoms with Crippen LogP contribution in [0.4, 0.5) is 4.39 Å². The normalized spacial score (nSPS) is 15.1. The van der Waals surface area contributed by atoms with E-state index in [-0.39, 0.29) is 18.9 Å². The van der Waals surface area contributed by atoms with Crippen LogP contribution in [0.1, 0.15) is 55.4 Å². The van der Waals surface area contributed by atoms with Crippen molar-refractivity contribution in [2.24, 2.45) is 11.7 Å². The molecule has 178 valence electrons. The molecular weight excluding hydrogens is 429 g/mol. The minimum absolute atomic E-state index is 0.235. The Labute approximate surface area is 191 Å². The van der Waals surface area contributed by atoms with Gasteiger partial charge in [-0.05, 0) is 24.5 Å². The summed E-state index contributed by atoms with van der Waals surface area (Å²) in [5, 5.41) is 4.37. The van der Waals surface area contributed by atoms with Crippen LogP contribution in [0.25, 0.3) is 10.9 Å².